The number of carbonyl (C=O) groups excluding carboxylic acids is 2. The van der Waals surface area contributed by atoms with Crippen molar-refractivity contribution in [3.63, 3.8) is 0 Å². The number of hydrogen-bond donors (Lipinski definition) is 1. The van der Waals surface area contributed by atoms with Crippen LogP contribution in [0.2, 0.25) is 0 Å². The summed E-state index contributed by atoms with van der Waals surface area (Å²) in [7, 11) is -3.65. The van der Waals surface area contributed by atoms with Crippen LogP contribution in [0.4, 0.5) is 5.82 Å². The molecular weight excluding hydrogens is 458 g/mol. The van der Waals surface area contributed by atoms with Gasteiger partial charge in [-0.2, -0.15) is 14.7 Å². The van der Waals surface area contributed by atoms with Crippen molar-refractivity contribution in [3.05, 3.63) is 71.9 Å². The highest BCUT2D eigenvalue weighted by atomic mass is 32.2. The van der Waals surface area contributed by atoms with E-state index in [1.807, 2.05) is 12.1 Å². The van der Waals surface area contributed by atoms with E-state index >= 15 is 0 Å². The lowest BCUT2D eigenvalue weighted by molar-refractivity contribution is -0.119. The van der Waals surface area contributed by atoms with E-state index in [0.29, 0.717) is 18.8 Å². The first-order chi connectivity index (χ1) is 16.3. The van der Waals surface area contributed by atoms with Crippen LogP contribution >= 0.6 is 0 Å². The zero-order chi connectivity index (χ0) is 24.7. The van der Waals surface area contributed by atoms with Crippen molar-refractivity contribution in [1.29, 1.82) is 5.26 Å². The highest BCUT2D eigenvalue weighted by Gasteiger charge is 2.22. The van der Waals surface area contributed by atoms with Gasteiger partial charge in [-0.25, -0.2) is 17.9 Å². The van der Waals surface area contributed by atoms with E-state index < -0.39 is 28.5 Å². The van der Waals surface area contributed by atoms with Crippen LogP contribution < -0.4 is 5.32 Å². The summed E-state index contributed by atoms with van der Waals surface area (Å²) in [5, 5.41) is 16.0. The third-order valence-corrected chi connectivity index (χ3v) is 6.98. The Balaban J connectivity index is 1.66. The molecule has 176 valence electrons. The average molecular weight is 482 g/mol. The molecule has 0 fully saturated rings. The highest BCUT2D eigenvalue weighted by molar-refractivity contribution is 7.89. The molecule has 1 N–H and O–H groups in total. The number of aromatic nitrogens is 2. The number of sulfonamides is 1. The molecule has 10 nitrogen and oxygen atoms in total. The van der Waals surface area contributed by atoms with Crippen molar-refractivity contribution in [2.45, 2.75) is 18.7 Å². The summed E-state index contributed by atoms with van der Waals surface area (Å²) < 4.78 is 32.9. The molecule has 3 rings (SSSR count). The van der Waals surface area contributed by atoms with Crippen molar-refractivity contribution in [3.8, 4) is 11.8 Å². The second kappa shape index (κ2) is 10.7. The molecule has 1 aromatic heterocycles. The predicted molar refractivity (Wildman–Crippen MR) is 124 cm³/mol. The predicted octanol–water partition coefficient (Wildman–Crippen LogP) is 2.57. The minimum atomic E-state index is -3.65. The topological polar surface area (TPSA) is 134 Å². The van der Waals surface area contributed by atoms with E-state index in [1.165, 1.54) is 39.4 Å². The van der Waals surface area contributed by atoms with Crippen molar-refractivity contribution in [1.82, 2.24) is 14.1 Å². The molecule has 0 spiro atoms. The van der Waals surface area contributed by atoms with E-state index in [4.69, 9.17) is 4.74 Å². The van der Waals surface area contributed by atoms with Crippen molar-refractivity contribution in [2.24, 2.45) is 0 Å². The lowest BCUT2D eigenvalue weighted by Gasteiger charge is -2.18. The van der Waals surface area contributed by atoms with Gasteiger partial charge in [-0.05, 0) is 36.4 Å². The van der Waals surface area contributed by atoms with E-state index in [9.17, 15) is 23.3 Å². The first-order valence-corrected chi connectivity index (χ1v) is 11.9. The summed E-state index contributed by atoms with van der Waals surface area (Å²) in [6.07, 6.45) is 1.32. The zero-order valence-electron chi connectivity index (χ0n) is 18.6. The lowest BCUT2D eigenvalue weighted by Crippen LogP contribution is -2.30. The average Bonchev–Trinajstić information content (AvgIpc) is 3.26. The lowest BCUT2D eigenvalue weighted by atomic mass is 10.2. The largest absolute Gasteiger partial charge is 0.452 e. The molecule has 1 amide bonds. The number of amides is 1. The summed E-state index contributed by atoms with van der Waals surface area (Å²) >= 11 is 0. The maximum absolute atomic E-state index is 12.6. The molecule has 0 saturated heterocycles. The van der Waals surface area contributed by atoms with Crippen LogP contribution in [0.15, 0.2) is 65.7 Å². The number of rotatable bonds is 9. The van der Waals surface area contributed by atoms with Crippen molar-refractivity contribution < 1.29 is 22.7 Å². The van der Waals surface area contributed by atoms with Crippen LogP contribution in [0.5, 0.6) is 0 Å². The summed E-state index contributed by atoms with van der Waals surface area (Å²) in [5.74, 6) is -1.30. The molecule has 0 radical (unpaired) electrons. The minimum Gasteiger partial charge on any atom is -0.452 e. The monoisotopic (exact) mass is 481 g/mol. The fourth-order valence-electron chi connectivity index (χ4n) is 3.17. The van der Waals surface area contributed by atoms with Gasteiger partial charge in [0.1, 0.15) is 11.6 Å². The maximum Gasteiger partial charge on any atom is 0.338 e. The van der Waals surface area contributed by atoms with Gasteiger partial charge in [-0.3, -0.25) is 4.79 Å². The van der Waals surface area contributed by atoms with Crippen LogP contribution in [-0.4, -0.2) is 54.1 Å². The number of nitrogens with zero attached hydrogens (tertiary/aromatic N) is 4. The van der Waals surface area contributed by atoms with Gasteiger partial charge in [0.25, 0.3) is 5.91 Å². The van der Waals surface area contributed by atoms with Crippen LogP contribution in [0, 0.1) is 11.3 Å². The fraction of sp³-hybridized carbons (Fsp3) is 0.217. The quantitative estimate of drug-likeness (QED) is 0.464. The van der Waals surface area contributed by atoms with Gasteiger partial charge in [-0.1, -0.05) is 32.0 Å². The number of nitriles is 1. The molecule has 0 aliphatic rings. The number of benzene rings is 2. The van der Waals surface area contributed by atoms with Gasteiger partial charge < -0.3 is 10.1 Å². The number of hydrogen-bond acceptors (Lipinski definition) is 7. The molecule has 1 heterocycles. The second-order valence-corrected chi connectivity index (χ2v) is 8.94. The van der Waals surface area contributed by atoms with E-state index in [0.717, 1.165) is 0 Å². The van der Waals surface area contributed by atoms with Crippen molar-refractivity contribution >= 4 is 27.7 Å². The Morgan fingerprint density at radius 1 is 1.09 bits per heavy atom. The number of nitrogens with one attached hydrogen (secondary N) is 1. The molecule has 0 unspecified atom stereocenters. The minimum absolute atomic E-state index is 0.0590. The van der Waals surface area contributed by atoms with Gasteiger partial charge in [0.2, 0.25) is 10.0 Å². The van der Waals surface area contributed by atoms with Crippen LogP contribution in [0.25, 0.3) is 5.69 Å². The molecule has 0 aliphatic carbocycles. The normalized spacial score (nSPS) is 11.1. The Hall–Kier alpha value is -4.01. The van der Waals surface area contributed by atoms with E-state index in [2.05, 4.69) is 10.4 Å². The molecule has 3 aromatic rings. The molecule has 0 atom stereocenters. The molecular formula is C23H23N5O5S. The number of esters is 1. The zero-order valence-corrected chi connectivity index (χ0v) is 19.4. The molecule has 0 bridgehead atoms. The molecule has 34 heavy (non-hydrogen) atoms. The van der Waals surface area contributed by atoms with E-state index in [1.54, 1.807) is 38.1 Å². The molecule has 11 heteroatoms. The Morgan fingerprint density at radius 2 is 1.74 bits per heavy atom. The standard InChI is InChI=1S/C23H23N5O5S/c1-3-27(4-2)34(31,32)20-12-10-17(11-13-20)23(30)33-16-21(29)26-22-18(14-24)15-25-28(22)19-8-6-5-7-9-19/h5-13,15H,3-4,16H2,1-2H3,(H,26,29). The van der Waals surface area contributed by atoms with E-state index in [-0.39, 0.29) is 21.8 Å². The van der Waals surface area contributed by atoms with Crippen molar-refractivity contribution in [2.75, 3.05) is 25.0 Å². The van der Waals surface area contributed by atoms with Crippen LogP contribution in [0.3, 0.4) is 0 Å². The molecule has 0 saturated carbocycles. The van der Waals surface area contributed by atoms with Crippen LogP contribution in [0.1, 0.15) is 29.8 Å². The third kappa shape index (κ3) is 5.31. The SMILES string of the molecule is CCN(CC)S(=O)(=O)c1ccc(C(=O)OCC(=O)Nc2c(C#N)cnn2-c2ccccc2)cc1. The number of carbonyl (C=O) groups is 2. The Kier molecular flexibility index (Phi) is 7.78. The van der Waals surface area contributed by atoms with Gasteiger partial charge >= 0.3 is 5.97 Å². The Bertz CT molecular complexity index is 1310. The number of anilines is 1. The second-order valence-electron chi connectivity index (χ2n) is 7.00. The summed E-state index contributed by atoms with van der Waals surface area (Å²) in [6.45, 7) is 3.53. The summed E-state index contributed by atoms with van der Waals surface area (Å²) in [6, 6.07) is 16.2. The van der Waals surface area contributed by atoms with Gasteiger partial charge in [0.05, 0.1) is 22.3 Å². The fourth-order valence-corrected chi connectivity index (χ4v) is 4.63. The molecule has 0 aliphatic heterocycles. The van der Waals surface area contributed by atoms with Crippen LogP contribution in [-0.2, 0) is 19.6 Å². The smallest absolute Gasteiger partial charge is 0.338 e. The molecule has 2 aromatic carbocycles. The van der Waals surface area contributed by atoms with Gasteiger partial charge in [0, 0.05) is 13.1 Å². The number of ether oxygens (including phenoxy) is 1. The number of para-hydroxylation sites is 1. The Labute approximate surface area is 197 Å². The van der Waals surface area contributed by atoms with Gasteiger partial charge in [0.15, 0.2) is 12.4 Å². The van der Waals surface area contributed by atoms with Gasteiger partial charge in [-0.15, -0.1) is 0 Å². The summed E-state index contributed by atoms with van der Waals surface area (Å²) in [5.41, 5.74) is 0.878. The third-order valence-electron chi connectivity index (χ3n) is 4.92. The maximum atomic E-state index is 12.6. The summed E-state index contributed by atoms with van der Waals surface area (Å²) in [4.78, 5) is 24.8. The Morgan fingerprint density at radius 3 is 2.32 bits per heavy atom. The first kappa shape index (κ1) is 24.6. The first-order valence-electron chi connectivity index (χ1n) is 10.4. The highest BCUT2D eigenvalue weighted by Crippen LogP contribution is 2.20.